The first-order valence-electron chi connectivity index (χ1n) is 8.34. The van der Waals surface area contributed by atoms with Crippen LogP contribution in [0.25, 0.3) is 0 Å². The molecule has 0 aromatic heterocycles. The summed E-state index contributed by atoms with van der Waals surface area (Å²) in [6.45, 7) is 7.95. The van der Waals surface area contributed by atoms with Crippen LogP contribution < -0.4 is 0 Å². The van der Waals surface area contributed by atoms with Crippen molar-refractivity contribution in [2.75, 3.05) is 38.5 Å². The zero-order valence-electron chi connectivity index (χ0n) is 13.8. The van der Waals surface area contributed by atoms with Gasteiger partial charge in [0, 0.05) is 19.6 Å². The smallest absolute Gasteiger partial charge is 0.303 e. The van der Waals surface area contributed by atoms with Gasteiger partial charge in [0.2, 0.25) is 10.0 Å². The van der Waals surface area contributed by atoms with Crippen molar-refractivity contribution in [3.63, 3.8) is 0 Å². The third kappa shape index (κ3) is 5.60. The Morgan fingerprint density at radius 1 is 1.04 bits per heavy atom. The van der Waals surface area contributed by atoms with Crippen molar-refractivity contribution in [1.29, 1.82) is 0 Å². The maximum Gasteiger partial charge on any atom is 0.404 e. The molecule has 2 aliphatic heterocycles. The SMILES string of the molecule is CC(C)CN1CCC([C@H]2CCN(S(=O)(=O)CC(F)(F)F)C2)CC1. The summed E-state index contributed by atoms with van der Waals surface area (Å²) < 4.78 is 61.9. The summed E-state index contributed by atoms with van der Waals surface area (Å²) in [6, 6.07) is 0. The molecule has 0 saturated carbocycles. The second-order valence-electron chi connectivity index (χ2n) is 7.31. The van der Waals surface area contributed by atoms with E-state index in [9.17, 15) is 21.6 Å². The van der Waals surface area contributed by atoms with E-state index in [-0.39, 0.29) is 19.0 Å². The minimum Gasteiger partial charge on any atom is -0.303 e. The Hall–Kier alpha value is -0.340. The van der Waals surface area contributed by atoms with Crippen LogP contribution in [0.1, 0.15) is 33.1 Å². The molecule has 0 amide bonds. The first-order chi connectivity index (χ1) is 10.6. The minimum atomic E-state index is -4.67. The van der Waals surface area contributed by atoms with Gasteiger partial charge in [0.15, 0.2) is 5.75 Å². The van der Waals surface area contributed by atoms with Gasteiger partial charge in [0.25, 0.3) is 0 Å². The minimum absolute atomic E-state index is 0.208. The maximum atomic E-state index is 12.4. The van der Waals surface area contributed by atoms with Gasteiger partial charge in [-0.3, -0.25) is 0 Å². The monoisotopic (exact) mass is 356 g/mol. The van der Waals surface area contributed by atoms with E-state index in [0.29, 0.717) is 18.3 Å². The van der Waals surface area contributed by atoms with Crippen LogP contribution in [0.15, 0.2) is 0 Å². The highest BCUT2D eigenvalue weighted by Gasteiger charge is 2.42. The van der Waals surface area contributed by atoms with E-state index < -0.39 is 22.0 Å². The second-order valence-corrected chi connectivity index (χ2v) is 9.28. The van der Waals surface area contributed by atoms with Crippen LogP contribution in [0.2, 0.25) is 0 Å². The summed E-state index contributed by atoms with van der Waals surface area (Å²) in [4.78, 5) is 2.42. The highest BCUT2D eigenvalue weighted by molar-refractivity contribution is 7.89. The zero-order valence-corrected chi connectivity index (χ0v) is 14.7. The van der Waals surface area contributed by atoms with Crippen molar-refractivity contribution in [3.8, 4) is 0 Å². The van der Waals surface area contributed by atoms with Gasteiger partial charge in [0.05, 0.1) is 0 Å². The summed E-state index contributed by atoms with van der Waals surface area (Å²) >= 11 is 0. The van der Waals surface area contributed by atoms with E-state index in [2.05, 4.69) is 18.7 Å². The van der Waals surface area contributed by atoms with Crippen molar-refractivity contribution in [3.05, 3.63) is 0 Å². The number of hydrogen-bond acceptors (Lipinski definition) is 3. The molecule has 0 spiro atoms. The molecule has 2 aliphatic rings. The van der Waals surface area contributed by atoms with Crippen LogP contribution in [0.4, 0.5) is 13.2 Å². The van der Waals surface area contributed by atoms with Gasteiger partial charge in [0.1, 0.15) is 0 Å². The van der Waals surface area contributed by atoms with Crippen LogP contribution in [-0.2, 0) is 10.0 Å². The Balaban J connectivity index is 1.84. The molecule has 0 aromatic carbocycles. The van der Waals surface area contributed by atoms with Crippen molar-refractivity contribution in [1.82, 2.24) is 9.21 Å². The summed E-state index contributed by atoms with van der Waals surface area (Å²) in [6.07, 6.45) is -1.94. The summed E-state index contributed by atoms with van der Waals surface area (Å²) in [5, 5.41) is 0. The molecular formula is C15H27F3N2O2S. The molecule has 0 radical (unpaired) electrons. The topological polar surface area (TPSA) is 40.6 Å². The third-order valence-corrected chi connectivity index (χ3v) is 6.66. The molecule has 2 saturated heterocycles. The van der Waals surface area contributed by atoms with E-state index >= 15 is 0 Å². The average molecular weight is 356 g/mol. The summed E-state index contributed by atoms with van der Waals surface area (Å²) in [5.74, 6) is -0.468. The normalized spacial score (nSPS) is 26.3. The number of rotatable bonds is 5. The molecule has 8 heteroatoms. The lowest BCUT2D eigenvalue weighted by atomic mass is 9.83. The number of alkyl halides is 3. The van der Waals surface area contributed by atoms with Crippen molar-refractivity contribution < 1.29 is 21.6 Å². The largest absolute Gasteiger partial charge is 0.404 e. The van der Waals surface area contributed by atoms with Gasteiger partial charge in [-0.25, -0.2) is 12.7 Å². The third-order valence-electron chi connectivity index (χ3n) is 4.85. The molecular weight excluding hydrogens is 329 g/mol. The van der Waals surface area contributed by atoms with E-state index in [1.54, 1.807) is 0 Å². The Labute approximate surface area is 137 Å². The van der Waals surface area contributed by atoms with Crippen molar-refractivity contribution in [2.45, 2.75) is 39.3 Å². The quantitative estimate of drug-likeness (QED) is 0.760. The molecule has 2 rings (SSSR count). The predicted molar refractivity (Wildman–Crippen MR) is 83.5 cm³/mol. The van der Waals surface area contributed by atoms with Gasteiger partial charge < -0.3 is 4.90 Å². The molecule has 1 atom stereocenters. The van der Waals surface area contributed by atoms with Crippen LogP contribution in [0, 0.1) is 17.8 Å². The van der Waals surface area contributed by atoms with Gasteiger partial charge in [-0.15, -0.1) is 0 Å². The first-order valence-corrected chi connectivity index (χ1v) is 9.94. The molecule has 2 heterocycles. The zero-order chi connectivity index (χ0) is 17.3. The van der Waals surface area contributed by atoms with Crippen LogP contribution in [0.5, 0.6) is 0 Å². The Morgan fingerprint density at radius 2 is 1.61 bits per heavy atom. The lowest BCUT2D eigenvalue weighted by molar-refractivity contribution is -0.107. The fourth-order valence-electron chi connectivity index (χ4n) is 3.81. The van der Waals surface area contributed by atoms with Gasteiger partial charge in [-0.2, -0.15) is 13.2 Å². The highest BCUT2D eigenvalue weighted by atomic mass is 32.2. The van der Waals surface area contributed by atoms with Gasteiger partial charge in [-0.1, -0.05) is 13.8 Å². The molecule has 0 N–H and O–H groups in total. The first kappa shape index (κ1) is 19.0. The average Bonchev–Trinajstić information content (AvgIpc) is 2.86. The maximum absolute atomic E-state index is 12.4. The number of piperidine rings is 1. The number of hydrogen-bond donors (Lipinski definition) is 0. The standard InChI is InChI=1S/C15H27F3N2O2S/c1-12(2)9-19-6-3-13(4-7-19)14-5-8-20(10-14)23(21,22)11-15(16,17)18/h12-14H,3-11H2,1-2H3/t14-/m0/s1. The number of likely N-dealkylation sites (tertiary alicyclic amines) is 1. The lowest BCUT2D eigenvalue weighted by Gasteiger charge is -2.35. The van der Waals surface area contributed by atoms with Crippen LogP contribution in [-0.4, -0.2) is 62.3 Å². The van der Waals surface area contributed by atoms with Crippen molar-refractivity contribution in [2.24, 2.45) is 17.8 Å². The predicted octanol–water partition coefficient (Wildman–Crippen LogP) is 2.57. The van der Waals surface area contributed by atoms with E-state index in [1.807, 2.05) is 0 Å². The molecule has 2 fully saturated rings. The number of sulfonamides is 1. The highest BCUT2D eigenvalue weighted by Crippen LogP contribution is 2.34. The van der Waals surface area contributed by atoms with E-state index in [0.717, 1.165) is 36.8 Å². The molecule has 0 unspecified atom stereocenters. The number of nitrogens with zero attached hydrogens (tertiary/aromatic N) is 2. The van der Waals surface area contributed by atoms with Crippen LogP contribution >= 0.6 is 0 Å². The van der Waals surface area contributed by atoms with E-state index in [4.69, 9.17) is 0 Å². The molecule has 23 heavy (non-hydrogen) atoms. The molecule has 0 bridgehead atoms. The van der Waals surface area contributed by atoms with Gasteiger partial charge >= 0.3 is 6.18 Å². The lowest BCUT2D eigenvalue weighted by Crippen LogP contribution is -2.40. The molecule has 4 nitrogen and oxygen atoms in total. The van der Waals surface area contributed by atoms with Gasteiger partial charge in [-0.05, 0) is 50.1 Å². The Kier molecular flexibility index (Phi) is 6.00. The van der Waals surface area contributed by atoms with Crippen molar-refractivity contribution >= 4 is 10.0 Å². The van der Waals surface area contributed by atoms with Crippen LogP contribution in [0.3, 0.4) is 0 Å². The van der Waals surface area contributed by atoms with E-state index in [1.165, 1.54) is 0 Å². The Bertz CT molecular complexity index is 485. The Morgan fingerprint density at radius 3 is 2.13 bits per heavy atom. The second kappa shape index (κ2) is 7.27. The molecule has 136 valence electrons. The fraction of sp³-hybridized carbons (Fsp3) is 1.00. The summed E-state index contributed by atoms with van der Waals surface area (Å²) in [7, 11) is -4.22. The molecule has 0 aromatic rings. The summed E-state index contributed by atoms with van der Waals surface area (Å²) in [5.41, 5.74) is 0. The molecule has 0 aliphatic carbocycles. The number of halogens is 3. The fourth-order valence-corrected chi connectivity index (χ4v) is 5.21.